The molecule has 126 valence electrons. The zero-order valence-electron chi connectivity index (χ0n) is 14.8. The lowest BCUT2D eigenvalue weighted by Gasteiger charge is -2.20. The first-order valence-electron chi connectivity index (χ1n) is 8.53. The average Bonchev–Trinajstić information content (AvgIpc) is 2.95. The molecular weight excluding hydrogens is 288 g/mol. The maximum atomic E-state index is 11.3. The van der Waals surface area contributed by atoms with Crippen LogP contribution in [0.15, 0.2) is 12.1 Å². The molecule has 4 nitrogen and oxygen atoms in total. The molecule has 0 spiro atoms. The fraction of sp³-hybridized carbons (Fsp3) is 0.579. The Labute approximate surface area is 140 Å². The van der Waals surface area contributed by atoms with Gasteiger partial charge >= 0.3 is 0 Å². The maximum absolute atomic E-state index is 11.3. The number of ether oxygens (including phenoxy) is 1. The summed E-state index contributed by atoms with van der Waals surface area (Å²) in [5.41, 5.74) is 3.90. The van der Waals surface area contributed by atoms with Crippen LogP contribution in [0.5, 0.6) is 0 Å². The van der Waals surface area contributed by atoms with E-state index < -0.39 is 0 Å². The van der Waals surface area contributed by atoms with E-state index in [0.717, 1.165) is 50.4 Å². The predicted octanol–water partition coefficient (Wildman–Crippen LogP) is 3.51. The number of ketones is 1. The van der Waals surface area contributed by atoms with Crippen LogP contribution in [-0.4, -0.2) is 32.1 Å². The number of Topliss-reactive ketones (excluding diaryl/α,β-unsaturated/α-hetero) is 1. The zero-order chi connectivity index (χ0) is 17.2. The van der Waals surface area contributed by atoms with E-state index in [1.165, 1.54) is 5.56 Å². The largest absolute Gasteiger partial charge is 0.382 e. The van der Waals surface area contributed by atoms with Gasteiger partial charge in [0.25, 0.3) is 0 Å². The fourth-order valence-corrected chi connectivity index (χ4v) is 2.89. The third kappa shape index (κ3) is 5.37. The second-order valence-corrected chi connectivity index (χ2v) is 5.43. The van der Waals surface area contributed by atoms with E-state index in [1.54, 1.807) is 6.92 Å². The Balaban J connectivity index is 0.00000127. The summed E-state index contributed by atoms with van der Waals surface area (Å²) in [5, 5.41) is 9.40. The molecule has 1 aromatic carbocycles. The SMILES string of the molecule is CC.CCOCCCN1CCc2cc(CC(C)=O)cc(C#N)c21. The van der Waals surface area contributed by atoms with E-state index in [4.69, 9.17) is 4.74 Å². The topological polar surface area (TPSA) is 53.3 Å². The molecule has 0 atom stereocenters. The first kappa shape index (κ1) is 19.2. The highest BCUT2D eigenvalue weighted by molar-refractivity contribution is 5.79. The van der Waals surface area contributed by atoms with Gasteiger partial charge in [-0.2, -0.15) is 5.26 Å². The van der Waals surface area contributed by atoms with E-state index in [-0.39, 0.29) is 5.78 Å². The molecular formula is C19H28N2O2. The summed E-state index contributed by atoms with van der Waals surface area (Å²) in [4.78, 5) is 13.5. The van der Waals surface area contributed by atoms with Crippen LogP contribution in [0.2, 0.25) is 0 Å². The number of benzene rings is 1. The van der Waals surface area contributed by atoms with Crippen molar-refractivity contribution in [2.45, 2.75) is 47.0 Å². The van der Waals surface area contributed by atoms with Crippen molar-refractivity contribution in [1.82, 2.24) is 0 Å². The summed E-state index contributed by atoms with van der Waals surface area (Å²) in [6.07, 6.45) is 2.32. The van der Waals surface area contributed by atoms with Gasteiger partial charge in [-0.05, 0) is 43.9 Å². The minimum absolute atomic E-state index is 0.130. The number of carbonyl (C=O) groups excluding carboxylic acids is 1. The van der Waals surface area contributed by atoms with Gasteiger partial charge in [-0.25, -0.2) is 0 Å². The normalized spacial score (nSPS) is 12.2. The van der Waals surface area contributed by atoms with Gasteiger partial charge in [0.15, 0.2) is 0 Å². The molecule has 23 heavy (non-hydrogen) atoms. The van der Waals surface area contributed by atoms with Crippen molar-refractivity contribution in [2.24, 2.45) is 0 Å². The van der Waals surface area contributed by atoms with Gasteiger partial charge in [-0.1, -0.05) is 19.9 Å². The molecule has 0 N–H and O–H groups in total. The lowest BCUT2D eigenvalue weighted by molar-refractivity contribution is -0.116. The van der Waals surface area contributed by atoms with Gasteiger partial charge in [0.05, 0.1) is 11.3 Å². The van der Waals surface area contributed by atoms with Crippen LogP contribution in [0.4, 0.5) is 5.69 Å². The molecule has 0 aliphatic carbocycles. The van der Waals surface area contributed by atoms with E-state index >= 15 is 0 Å². The third-order valence-corrected chi connectivity index (χ3v) is 3.71. The molecule has 0 saturated heterocycles. The average molecular weight is 316 g/mol. The van der Waals surface area contributed by atoms with Gasteiger partial charge in [-0.3, -0.25) is 4.79 Å². The monoisotopic (exact) mass is 316 g/mol. The number of hydrogen-bond donors (Lipinski definition) is 0. The minimum atomic E-state index is 0.130. The Morgan fingerprint density at radius 3 is 2.74 bits per heavy atom. The third-order valence-electron chi connectivity index (χ3n) is 3.71. The number of fused-ring (bicyclic) bond motifs is 1. The minimum Gasteiger partial charge on any atom is -0.382 e. The van der Waals surface area contributed by atoms with Crippen LogP contribution >= 0.6 is 0 Å². The molecule has 0 fully saturated rings. The molecule has 2 rings (SSSR count). The van der Waals surface area contributed by atoms with Crippen molar-refractivity contribution < 1.29 is 9.53 Å². The van der Waals surface area contributed by atoms with Crippen molar-refractivity contribution in [3.05, 3.63) is 28.8 Å². The van der Waals surface area contributed by atoms with Crippen molar-refractivity contribution in [3.8, 4) is 6.07 Å². The summed E-state index contributed by atoms with van der Waals surface area (Å²) in [7, 11) is 0. The number of hydrogen-bond acceptors (Lipinski definition) is 4. The molecule has 4 heteroatoms. The second kappa shape index (κ2) is 10.0. The van der Waals surface area contributed by atoms with Gasteiger partial charge in [-0.15, -0.1) is 0 Å². The Kier molecular flexibility index (Phi) is 8.36. The molecule has 0 radical (unpaired) electrons. The highest BCUT2D eigenvalue weighted by Gasteiger charge is 2.23. The standard InChI is InChI=1S/C17H22N2O2.C2H6/c1-3-21-8-4-6-19-7-5-15-10-14(9-13(2)20)11-16(12-18)17(15)19;1-2/h10-11H,3-9H2,1-2H3;1-2H3. The van der Waals surface area contributed by atoms with Crippen LogP contribution in [0.3, 0.4) is 0 Å². The van der Waals surface area contributed by atoms with Crippen molar-refractivity contribution in [1.29, 1.82) is 5.26 Å². The first-order chi connectivity index (χ1) is 11.2. The summed E-state index contributed by atoms with van der Waals surface area (Å²) >= 11 is 0. The van der Waals surface area contributed by atoms with E-state index in [1.807, 2.05) is 26.8 Å². The lowest BCUT2D eigenvalue weighted by Crippen LogP contribution is -2.23. The molecule has 0 aromatic heterocycles. The van der Waals surface area contributed by atoms with Gasteiger partial charge in [0.1, 0.15) is 11.9 Å². The van der Waals surface area contributed by atoms with Gasteiger partial charge in [0, 0.05) is 32.7 Å². The quantitative estimate of drug-likeness (QED) is 0.722. The highest BCUT2D eigenvalue weighted by Crippen LogP contribution is 2.33. The molecule has 0 saturated carbocycles. The van der Waals surface area contributed by atoms with Crippen LogP contribution < -0.4 is 4.90 Å². The predicted molar refractivity (Wildman–Crippen MR) is 93.9 cm³/mol. The number of nitriles is 1. The molecule has 1 heterocycles. The number of carbonyl (C=O) groups is 1. The Morgan fingerprint density at radius 2 is 2.13 bits per heavy atom. The Morgan fingerprint density at radius 1 is 1.39 bits per heavy atom. The molecule has 1 aromatic rings. The summed E-state index contributed by atoms with van der Waals surface area (Å²) in [6.45, 7) is 10.9. The molecule has 0 bridgehead atoms. The maximum Gasteiger partial charge on any atom is 0.134 e. The molecule has 1 aliphatic heterocycles. The van der Waals surface area contributed by atoms with Crippen molar-refractivity contribution in [2.75, 3.05) is 31.2 Å². The lowest BCUT2D eigenvalue weighted by atomic mass is 10.0. The van der Waals surface area contributed by atoms with Crippen molar-refractivity contribution in [3.63, 3.8) is 0 Å². The van der Waals surface area contributed by atoms with Crippen LogP contribution in [0, 0.1) is 11.3 Å². The van der Waals surface area contributed by atoms with Crippen LogP contribution in [0.1, 0.15) is 50.8 Å². The summed E-state index contributed by atoms with van der Waals surface area (Å²) < 4.78 is 5.37. The van der Waals surface area contributed by atoms with E-state index in [0.29, 0.717) is 12.0 Å². The van der Waals surface area contributed by atoms with E-state index in [2.05, 4.69) is 17.0 Å². The smallest absolute Gasteiger partial charge is 0.134 e. The van der Waals surface area contributed by atoms with Crippen LogP contribution in [0.25, 0.3) is 0 Å². The number of anilines is 1. The number of rotatable bonds is 7. The highest BCUT2D eigenvalue weighted by atomic mass is 16.5. The van der Waals surface area contributed by atoms with Crippen molar-refractivity contribution >= 4 is 11.5 Å². The zero-order valence-corrected chi connectivity index (χ0v) is 14.8. The van der Waals surface area contributed by atoms with E-state index in [9.17, 15) is 10.1 Å². The van der Waals surface area contributed by atoms with Crippen LogP contribution in [-0.2, 0) is 22.4 Å². The van der Waals surface area contributed by atoms with Gasteiger partial charge in [0.2, 0.25) is 0 Å². The summed E-state index contributed by atoms with van der Waals surface area (Å²) in [6, 6.07) is 6.23. The molecule has 0 amide bonds. The van der Waals surface area contributed by atoms with Gasteiger partial charge < -0.3 is 9.64 Å². The molecule has 0 unspecified atom stereocenters. The number of nitrogens with zero attached hydrogens (tertiary/aromatic N) is 2. The second-order valence-electron chi connectivity index (χ2n) is 5.43. The fourth-order valence-electron chi connectivity index (χ4n) is 2.89. The summed E-state index contributed by atoms with van der Waals surface area (Å²) in [5.74, 6) is 0.130. The molecule has 1 aliphatic rings. The first-order valence-corrected chi connectivity index (χ1v) is 8.53. The Bertz CT molecular complexity index is 561. The Hall–Kier alpha value is -1.86.